The lowest BCUT2D eigenvalue weighted by Gasteiger charge is -2.20. The highest BCUT2D eigenvalue weighted by Gasteiger charge is 2.16. The summed E-state index contributed by atoms with van der Waals surface area (Å²) in [6.45, 7) is 6.69. The van der Waals surface area contributed by atoms with Crippen LogP contribution in [0.5, 0.6) is 0 Å². The maximum absolute atomic E-state index is 6.45. The Hall–Kier alpha value is -1.64. The molecule has 1 aromatic heterocycles. The topological polar surface area (TPSA) is 26.0 Å². The van der Waals surface area contributed by atoms with Gasteiger partial charge in [-0.15, -0.1) is 11.3 Å². The lowest BCUT2D eigenvalue weighted by atomic mass is 9.86. The second kappa shape index (κ2) is 5.28. The molecule has 1 unspecified atom stereocenters. The van der Waals surface area contributed by atoms with E-state index in [4.69, 9.17) is 5.73 Å². The van der Waals surface area contributed by atoms with Crippen LogP contribution in [0, 0.1) is 0 Å². The van der Waals surface area contributed by atoms with Crippen molar-refractivity contribution in [3.63, 3.8) is 0 Å². The zero-order valence-electron chi connectivity index (χ0n) is 12.8. The number of benzene rings is 2. The van der Waals surface area contributed by atoms with Crippen LogP contribution in [0.25, 0.3) is 10.1 Å². The molecule has 0 fully saturated rings. The minimum absolute atomic E-state index is 0.0450. The Balaban J connectivity index is 1.92. The second-order valence-corrected chi connectivity index (χ2v) is 7.65. The van der Waals surface area contributed by atoms with E-state index < -0.39 is 0 Å². The summed E-state index contributed by atoms with van der Waals surface area (Å²) in [4.78, 5) is 1.22. The molecule has 1 heterocycles. The highest BCUT2D eigenvalue weighted by Crippen LogP contribution is 2.32. The molecule has 0 aliphatic carbocycles. The molecule has 21 heavy (non-hydrogen) atoms. The lowest BCUT2D eigenvalue weighted by Crippen LogP contribution is -2.13. The molecule has 0 aliphatic heterocycles. The van der Waals surface area contributed by atoms with Gasteiger partial charge in [-0.3, -0.25) is 0 Å². The van der Waals surface area contributed by atoms with E-state index in [1.165, 1.54) is 26.1 Å². The monoisotopic (exact) mass is 295 g/mol. The smallest absolute Gasteiger partial charge is 0.0646 e. The van der Waals surface area contributed by atoms with Crippen LogP contribution >= 0.6 is 11.3 Å². The predicted molar refractivity (Wildman–Crippen MR) is 93.0 cm³/mol. The van der Waals surface area contributed by atoms with E-state index in [0.29, 0.717) is 0 Å². The number of thiophene rings is 1. The molecule has 0 aliphatic rings. The van der Waals surface area contributed by atoms with Crippen molar-refractivity contribution in [1.82, 2.24) is 0 Å². The molecular weight excluding hydrogens is 274 g/mol. The van der Waals surface area contributed by atoms with Gasteiger partial charge in [-0.2, -0.15) is 0 Å². The molecule has 0 spiro atoms. The van der Waals surface area contributed by atoms with Crippen molar-refractivity contribution in [2.75, 3.05) is 0 Å². The lowest BCUT2D eigenvalue weighted by molar-refractivity contribution is 0.590. The van der Waals surface area contributed by atoms with Gasteiger partial charge in [0.15, 0.2) is 0 Å². The average molecular weight is 295 g/mol. The van der Waals surface area contributed by atoms with E-state index >= 15 is 0 Å². The molecule has 1 atom stereocenters. The zero-order valence-corrected chi connectivity index (χ0v) is 13.6. The van der Waals surface area contributed by atoms with E-state index in [0.717, 1.165) is 0 Å². The van der Waals surface area contributed by atoms with Crippen LogP contribution in [-0.4, -0.2) is 0 Å². The van der Waals surface area contributed by atoms with E-state index in [9.17, 15) is 0 Å². The molecule has 2 heteroatoms. The number of rotatable bonds is 2. The third kappa shape index (κ3) is 2.87. The van der Waals surface area contributed by atoms with Crippen molar-refractivity contribution in [2.45, 2.75) is 32.2 Å². The number of fused-ring (bicyclic) bond motifs is 1. The average Bonchev–Trinajstić information content (AvgIpc) is 2.89. The first-order valence-corrected chi connectivity index (χ1v) is 8.11. The van der Waals surface area contributed by atoms with Crippen molar-refractivity contribution in [3.05, 3.63) is 70.6 Å². The maximum atomic E-state index is 6.45. The van der Waals surface area contributed by atoms with Crippen molar-refractivity contribution in [1.29, 1.82) is 0 Å². The normalized spacial score (nSPS) is 13.5. The second-order valence-electron chi connectivity index (χ2n) is 6.54. The van der Waals surface area contributed by atoms with Gasteiger partial charge in [0.05, 0.1) is 6.04 Å². The molecule has 3 rings (SSSR count). The van der Waals surface area contributed by atoms with Gasteiger partial charge >= 0.3 is 0 Å². The fourth-order valence-corrected chi connectivity index (χ4v) is 3.60. The fraction of sp³-hybridized carbons (Fsp3) is 0.263. The largest absolute Gasteiger partial charge is 0.320 e. The van der Waals surface area contributed by atoms with E-state index in [1.807, 2.05) is 0 Å². The number of hydrogen-bond acceptors (Lipinski definition) is 2. The number of nitrogens with two attached hydrogens (primary N) is 1. The summed E-state index contributed by atoms with van der Waals surface area (Å²) in [5.41, 5.74) is 9.15. The molecule has 2 N–H and O–H groups in total. The minimum atomic E-state index is -0.0450. The summed E-state index contributed by atoms with van der Waals surface area (Å²) in [6, 6.07) is 19.3. The van der Waals surface area contributed by atoms with Crippen molar-refractivity contribution >= 4 is 21.4 Å². The van der Waals surface area contributed by atoms with E-state index in [2.05, 4.69) is 75.4 Å². The van der Waals surface area contributed by atoms with Gasteiger partial charge in [0.25, 0.3) is 0 Å². The molecule has 0 amide bonds. The Bertz CT molecular complexity index is 714. The van der Waals surface area contributed by atoms with Gasteiger partial charge in [0.2, 0.25) is 0 Å². The molecule has 0 bridgehead atoms. The third-order valence-electron chi connectivity index (χ3n) is 3.89. The standard InChI is InChI=1S/C19H21NS/c1-19(2,3)15-10-8-13(9-11-15)18(20)17-12-14-6-4-5-7-16(14)21-17/h4-12,18H,20H2,1-3H3. The first kappa shape index (κ1) is 14.3. The van der Waals surface area contributed by atoms with Crippen LogP contribution in [0.3, 0.4) is 0 Å². The van der Waals surface area contributed by atoms with Crippen LogP contribution in [0.2, 0.25) is 0 Å². The summed E-state index contributed by atoms with van der Waals surface area (Å²) in [5.74, 6) is 0. The summed E-state index contributed by atoms with van der Waals surface area (Å²) >= 11 is 1.78. The summed E-state index contributed by atoms with van der Waals surface area (Å²) in [5, 5.41) is 1.28. The first-order valence-electron chi connectivity index (χ1n) is 7.29. The quantitative estimate of drug-likeness (QED) is 0.687. The van der Waals surface area contributed by atoms with Crippen LogP contribution in [-0.2, 0) is 5.41 Å². The van der Waals surface area contributed by atoms with Gasteiger partial charge in [0.1, 0.15) is 0 Å². The van der Waals surface area contributed by atoms with E-state index in [-0.39, 0.29) is 11.5 Å². The molecule has 3 aromatic rings. The van der Waals surface area contributed by atoms with Gasteiger partial charge in [-0.05, 0) is 34.1 Å². The van der Waals surface area contributed by atoms with Gasteiger partial charge in [0, 0.05) is 9.58 Å². The molecule has 1 nitrogen and oxygen atoms in total. The Kier molecular flexibility index (Phi) is 3.60. The van der Waals surface area contributed by atoms with Gasteiger partial charge in [-0.25, -0.2) is 0 Å². The molecule has 2 aromatic carbocycles. The van der Waals surface area contributed by atoms with Crippen molar-refractivity contribution in [2.24, 2.45) is 5.73 Å². The molecule has 0 radical (unpaired) electrons. The Morgan fingerprint density at radius 1 is 0.952 bits per heavy atom. The molecule has 0 saturated carbocycles. The fourth-order valence-electron chi connectivity index (χ4n) is 2.51. The van der Waals surface area contributed by atoms with Crippen LogP contribution < -0.4 is 5.73 Å². The Morgan fingerprint density at radius 3 is 2.24 bits per heavy atom. The van der Waals surface area contributed by atoms with Crippen molar-refractivity contribution < 1.29 is 0 Å². The Morgan fingerprint density at radius 2 is 1.62 bits per heavy atom. The minimum Gasteiger partial charge on any atom is -0.320 e. The van der Waals surface area contributed by atoms with Crippen LogP contribution in [0.15, 0.2) is 54.6 Å². The maximum Gasteiger partial charge on any atom is 0.0646 e. The predicted octanol–water partition coefficient (Wildman–Crippen LogP) is 5.25. The summed E-state index contributed by atoms with van der Waals surface area (Å²) in [7, 11) is 0. The molecule has 108 valence electrons. The van der Waals surface area contributed by atoms with Gasteiger partial charge in [-0.1, -0.05) is 63.2 Å². The molecular formula is C19H21NS. The van der Waals surface area contributed by atoms with Gasteiger partial charge < -0.3 is 5.73 Å². The van der Waals surface area contributed by atoms with E-state index in [1.54, 1.807) is 11.3 Å². The zero-order chi connectivity index (χ0) is 15.0. The SMILES string of the molecule is CC(C)(C)c1ccc(C(N)c2cc3ccccc3s2)cc1. The number of hydrogen-bond donors (Lipinski definition) is 1. The molecule has 0 saturated heterocycles. The Labute approximate surface area is 130 Å². The first-order chi connectivity index (χ1) is 9.95. The van der Waals surface area contributed by atoms with Crippen LogP contribution in [0.1, 0.15) is 42.8 Å². The van der Waals surface area contributed by atoms with Crippen molar-refractivity contribution in [3.8, 4) is 0 Å². The summed E-state index contributed by atoms with van der Waals surface area (Å²) < 4.78 is 1.30. The van der Waals surface area contributed by atoms with Crippen LogP contribution in [0.4, 0.5) is 0 Å². The highest BCUT2D eigenvalue weighted by atomic mass is 32.1. The summed E-state index contributed by atoms with van der Waals surface area (Å²) in [6.07, 6.45) is 0. The third-order valence-corrected chi connectivity index (χ3v) is 5.09. The highest BCUT2D eigenvalue weighted by molar-refractivity contribution is 7.19.